The van der Waals surface area contributed by atoms with Crippen molar-refractivity contribution in [1.82, 2.24) is 4.98 Å². The van der Waals surface area contributed by atoms with Crippen molar-refractivity contribution >= 4 is 22.6 Å². The number of carbonyl (C=O) groups excluding carboxylic acids is 1. The average molecular weight is 407 g/mol. The topological polar surface area (TPSA) is 66.8 Å². The van der Waals surface area contributed by atoms with Gasteiger partial charge in [0.2, 0.25) is 0 Å². The molecule has 1 aliphatic rings. The molecule has 2 N–H and O–H groups in total. The van der Waals surface area contributed by atoms with Crippen molar-refractivity contribution in [3.05, 3.63) is 75.1 Å². The number of rotatable bonds is 5. The number of benzene rings is 2. The Labute approximate surface area is 176 Å². The van der Waals surface area contributed by atoms with Crippen LogP contribution in [0, 0.1) is 0 Å². The summed E-state index contributed by atoms with van der Waals surface area (Å²) in [6.45, 7) is 4.29. The van der Waals surface area contributed by atoms with Crippen molar-refractivity contribution in [2.75, 3.05) is 32.1 Å². The summed E-state index contributed by atoms with van der Waals surface area (Å²) >= 11 is 0. The van der Waals surface area contributed by atoms with Crippen LogP contribution in [0.5, 0.6) is 0 Å². The van der Waals surface area contributed by atoms with Crippen LogP contribution in [0.3, 0.4) is 0 Å². The highest BCUT2D eigenvalue weighted by atomic mass is 16.5. The Kier molecular flexibility index (Phi) is 5.59. The fourth-order valence-electron chi connectivity index (χ4n) is 4.18. The molecule has 1 aromatic heterocycles. The number of anilines is 1. The first-order valence-electron chi connectivity index (χ1n) is 10.4. The molecule has 4 rings (SSSR count). The highest BCUT2D eigenvalue weighted by molar-refractivity contribution is 5.93. The van der Waals surface area contributed by atoms with E-state index in [4.69, 9.17) is 4.74 Å². The maximum absolute atomic E-state index is 13.5. The molecular weight excluding hydrogens is 378 g/mol. The Balaban J connectivity index is 1.77. The van der Waals surface area contributed by atoms with Gasteiger partial charge in [0.05, 0.1) is 24.2 Å². The van der Waals surface area contributed by atoms with Crippen LogP contribution in [0.25, 0.3) is 10.9 Å². The van der Waals surface area contributed by atoms with Crippen molar-refractivity contribution in [1.29, 1.82) is 0 Å². The number of ether oxygens (including phenoxy) is 1. The molecule has 2 aromatic carbocycles. The lowest BCUT2D eigenvalue weighted by molar-refractivity contribution is -0.929. The van der Waals surface area contributed by atoms with Crippen LogP contribution in [-0.4, -0.2) is 38.2 Å². The normalized spacial score (nSPS) is 15.6. The first-order chi connectivity index (χ1) is 14.5. The van der Waals surface area contributed by atoms with E-state index in [0.717, 1.165) is 25.2 Å². The van der Waals surface area contributed by atoms with Crippen LogP contribution in [-0.2, 0) is 24.2 Å². The van der Waals surface area contributed by atoms with Gasteiger partial charge in [-0.1, -0.05) is 24.3 Å². The van der Waals surface area contributed by atoms with Crippen molar-refractivity contribution in [3.63, 3.8) is 0 Å². The summed E-state index contributed by atoms with van der Waals surface area (Å²) in [7, 11) is 3.89. The number of pyridine rings is 1. The van der Waals surface area contributed by atoms with Gasteiger partial charge in [0.15, 0.2) is 5.43 Å². The lowest BCUT2D eigenvalue weighted by atomic mass is 9.99. The monoisotopic (exact) mass is 406 g/mol. The van der Waals surface area contributed by atoms with Gasteiger partial charge < -0.3 is 19.5 Å². The van der Waals surface area contributed by atoms with Gasteiger partial charge in [-0.05, 0) is 30.7 Å². The molecule has 0 spiro atoms. The zero-order valence-corrected chi connectivity index (χ0v) is 17.7. The third-order valence-corrected chi connectivity index (χ3v) is 5.81. The minimum Gasteiger partial charge on any atom is -0.461 e. The van der Waals surface area contributed by atoms with E-state index in [1.54, 1.807) is 6.92 Å². The van der Waals surface area contributed by atoms with Crippen LogP contribution in [0.1, 0.15) is 34.1 Å². The van der Waals surface area contributed by atoms with Crippen LogP contribution >= 0.6 is 0 Å². The Bertz CT molecular complexity index is 1150. The number of nitrogens with one attached hydrogen (secondary N) is 2. The van der Waals surface area contributed by atoms with Crippen LogP contribution < -0.4 is 15.2 Å². The third-order valence-electron chi connectivity index (χ3n) is 5.81. The van der Waals surface area contributed by atoms with Crippen molar-refractivity contribution in [3.8, 4) is 0 Å². The van der Waals surface area contributed by atoms with Crippen LogP contribution in [0.15, 0.2) is 47.3 Å². The van der Waals surface area contributed by atoms with Gasteiger partial charge in [0, 0.05) is 37.2 Å². The summed E-state index contributed by atoms with van der Waals surface area (Å²) in [5.41, 5.74) is 4.96. The number of hydrogen-bond acceptors (Lipinski definition) is 4. The summed E-state index contributed by atoms with van der Waals surface area (Å²) in [4.78, 5) is 32.6. The van der Waals surface area contributed by atoms with Gasteiger partial charge in [0.25, 0.3) is 0 Å². The highest BCUT2D eigenvalue weighted by Gasteiger charge is 2.26. The first-order valence-corrected chi connectivity index (χ1v) is 10.4. The standard InChI is InChI=1S/C24H27N3O3/c1-4-30-24(29)22-20(15-27-12-11-16-7-5-6-8-17(16)14-27)23(28)19-13-18(26(2)3)9-10-21(19)25-22/h5-10,13H,4,11-12,14-15H2,1-3H3,(H,25,28)/p+1. The summed E-state index contributed by atoms with van der Waals surface area (Å²) in [5.74, 6) is -0.472. The summed E-state index contributed by atoms with van der Waals surface area (Å²) in [6, 6.07) is 14.1. The maximum atomic E-state index is 13.5. The van der Waals surface area contributed by atoms with E-state index in [-0.39, 0.29) is 17.7 Å². The molecule has 0 amide bonds. The third kappa shape index (κ3) is 3.83. The highest BCUT2D eigenvalue weighted by Crippen LogP contribution is 2.19. The Hall–Kier alpha value is -3.12. The van der Waals surface area contributed by atoms with Crippen molar-refractivity contribution in [2.45, 2.75) is 26.4 Å². The second-order valence-electron chi connectivity index (χ2n) is 8.02. The molecule has 3 aromatic rings. The maximum Gasteiger partial charge on any atom is 0.355 e. The number of H-pyrrole nitrogens is 1. The smallest absolute Gasteiger partial charge is 0.355 e. The molecule has 0 fully saturated rings. The molecule has 30 heavy (non-hydrogen) atoms. The van der Waals surface area contributed by atoms with E-state index >= 15 is 0 Å². The van der Waals surface area contributed by atoms with Gasteiger partial charge in [-0.3, -0.25) is 4.79 Å². The molecule has 0 radical (unpaired) electrons. The number of hydrogen-bond donors (Lipinski definition) is 2. The molecule has 1 unspecified atom stereocenters. The number of fused-ring (bicyclic) bond motifs is 2. The van der Waals surface area contributed by atoms with Gasteiger partial charge in [-0.2, -0.15) is 0 Å². The summed E-state index contributed by atoms with van der Waals surface area (Å²) in [6.07, 6.45) is 0.969. The zero-order chi connectivity index (χ0) is 21.3. The van der Waals surface area contributed by atoms with Gasteiger partial charge in [-0.25, -0.2) is 4.79 Å². The molecule has 6 heteroatoms. The molecule has 2 heterocycles. The Morgan fingerprint density at radius 3 is 2.67 bits per heavy atom. The van der Waals surface area contributed by atoms with E-state index in [1.807, 2.05) is 37.2 Å². The molecule has 156 valence electrons. The SMILES string of the molecule is CCOC(=O)c1[nH]c2ccc(N(C)C)cc2c(=O)c1C[NH+]1CCc2ccccc2C1. The van der Waals surface area contributed by atoms with Gasteiger partial charge in [0.1, 0.15) is 18.8 Å². The molecular formula is C24H28N3O3+. The summed E-state index contributed by atoms with van der Waals surface area (Å²) in [5, 5.41) is 0.598. The molecule has 6 nitrogen and oxygen atoms in total. The number of carbonyl (C=O) groups is 1. The fraction of sp³-hybridized carbons (Fsp3) is 0.333. The number of aromatic nitrogens is 1. The zero-order valence-electron chi connectivity index (χ0n) is 17.7. The summed E-state index contributed by atoms with van der Waals surface area (Å²) < 4.78 is 5.25. The quantitative estimate of drug-likeness (QED) is 0.636. The second-order valence-corrected chi connectivity index (χ2v) is 8.02. The van der Waals surface area contributed by atoms with Crippen LogP contribution in [0.2, 0.25) is 0 Å². The van der Waals surface area contributed by atoms with E-state index < -0.39 is 5.97 Å². The van der Waals surface area contributed by atoms with E-state index in [0.29, 0.717) is 23.0 Å². The number of quaternary nitrogens is 1. The molecule has 0 aliphatic carbocycles. The van der Waals surface area contributed by atoms with Gasteiger partial charge >= 0.3 is 5.97 Å². The largest absolute Gasteiger partial charge is 0.461 e. The second kappa shape index (κ2) is 8.32. The number of esters is 1. The van der Waals surface area contributed by atoms with E-state index in [9.17, 15) is 9.59 Å². The van der Waals surface area contributed by atoms with E-state index in [1.165, 1.54) is 16.0 Å². The van der Waals surface area contributed by atoms with E-state index in [2.05, 4.69) is 29.2 Å². The minimum atomic E-state index is -0.472. The Morgan fingerprint density at radius 2 is 1.93 bits per heavy atom. The number of aromatic amines is 1. The van der Waals surface area contributed by atoms with Crippen molar-refractivity contribution < 1.29 is 14.4 Å². The molecule has 0 saturated heterocycles. The fourth-order valence-corrected chi connectivity index (χ4v) is 4.18. The minimum absolute atomic E-state index is 0.0955. The molecule has 1 atom stereocenters. The molecule has 0 saturated carbocycles. The molecule has 0 bridgehead atoms. The lowest BCUT2D eigenvalue weighted by Crippen LogP contribution is -3.10. The average Bonchev–Trinajstić information content (AvgIpc) is 2.75. The lowest BCUT2D eigenvalue weighted by Gasteiger charge is -2.26. The van der Waals surface area contributed by atoms with Crippen LogP contribution in [0.4, 0.5) is 5.69 Å². The molecule has 1 aliphatic heterocycles. The predicted octanol–water partition coefficient (Wildman–Crippen LogP) is 1.91. The van der Waals surface area contributed by atoms with Gasteiger partial charge in [-0.15, -0.1) is 0 Å². The number of nitrogens with zero attached hydrogens (tertiary/aromatic N) is 1. The Morgan fingerprint density at radius 1 is 1.17 bits per heavy atom. The predicted molar refractivity (Wildman–Crippen MR) is 118 cm³/mol. The van der Waals surface area contributed by atoms with Crippen molar-refractivity contribution in [2.24, 2.45) is 0 Å². The first kappa shape index (κ1) is 20.2.